The highest BCUT2D eigenvalue weighted by atomic mass is 35.5. The van der Waals surface area contributed by atoms with Crippen molar-refractivity contribution in [1.29, 1.82) is 0 Å². The van der Waals surface area contributed by atoms with Crippen molar-refractivity contribution < 1.29 is 0 Å². The summed E-state index contributed by atoms with van der Waals surface area (Å²) in [5, 5.41) is 0.101. The van der Waals surface area contributed by atoms with E-state index in [0.717, 1.165) is 32.7 Å². The summed E-state index contributed by atoms with van der Waals surface area (Å²) in [4.78, 5) is 4.84. The molecule has 2 nitrogen and oxygen atoms in total. The summed E-state index contributed by atoms with van der Waals surface area (Å²) in [7, 11) is 2.18. The number of halogens is 1. The average Bonchev–Trinajstić information content (AvgIpc) is 2.41. The largest absolute Gasteiger partial charge is 0.304 e. The standard InChI is InChI=1S/C16H25ClN2/c1-13(2)14-4-6-15(7-5-14)16(17)12-19-10-8-18(3)9-11-19/h4-7,13,16H,8-12H2,1-3H3. The molecule has 0 saturated carbocycles. The van der Waals surface area contributed by atoms with Crippen LogP contribution in [0.1, 0.15) is 36.3 Å². The quantitative estimate of drug-likeness (QED) is 0.781. The Balaban J connectivity index is 1.90. The maximum Gasteiger partial charge on any atom is 0.0712 e. The summed E-state index contributed by atoms with van der Waals surface area (Å²) in [5.41, 5.74) is 2.62. The Labute approximate surface area is 122 Å². The number of nitrogens with zero attached hydrogens (tertiary/aromatic N) is 2. The molecular formula is C16H25ClN2. The van der Waals surface area contributed by atoms with Crippen LogP contribution >= 0.6 is 11.6 Å². The van der Waals surface area contributed by atoms with Gasteiger partial charge in [0.2, 0.25) is 0 Å². The van der Waals surface area contributed by atoms with E-state index in [-0.39, 0.29) is 5.38 Å². The summed E-state index contributed by atoms with van der Waals surface area (Å²) in [6.07, 6.45) is 0. The Morgan fingerprint density at radius 1 is 1.00 bits per heavy atom. The van der Waals surface area contributed by atoms with Gasteiger partial charge in [-0.25, -0.2) is 0 Å². The van der Waals surface area contributed by atoms with E-state index in [9.17, 15) is 0 Å². The molecule has 1 unspecified atom stereocenters. The highest BCUT2D eigenvalue weighted by Gasteiger charge is 2.18. The van der Waals surface area contributed by atoms with E-state index in [1.807, 2.05) is 0 Å². The zero-order valence-electron chi connectivity index (χ0n) is 12.3. The van der Waals surface area contributed by atoms with Gasteiger partial charge in [-0.15, -0.1) is 11.6 Å². The van der Waals surface area contributed by atoms with E-state index < -0.39 is 0 Å². The topological polar surface area (TPSA) is 6.48 Å². The van der Waals surface area contributed by atoms with E-state index >= 15 is 0 Å². The van der Waals surface area contributed by atoms with Crippen molar-refractivity contribution in [3.63, 3.8) is 0 Å². The maximum atomic E-state index is 6.55. The summed E-state index contributed by atoms with van der Waals surface area (Å²) < 4.78 is 0. The first-order valence-corrected chi connectivity index (χ1v) is 7.64. The van der Waals surface area contributed by atoms with Crippen molar-refractivity contribution in [2.75, 3.05) is 39.8 Å². The number of benzene rings is 1. The van der Waals surface area contributed by atoms with Crippen molar-refractivity contribution in [2.24, 2.45) is 0 Å². The first kappa shape index (κ1) is 14.8. The molecule has 1 aliphatic heterocycles. The molecule has 1 aromatic rings. The van der Waals surface area contributed by atoms with Crippen molar-refractivity contribution >= 4 is 11.6 Å². The second-order valence-electron chi connectivity index (χ2n) is 5.89. The van der Waals surface area contributed by atoms with Gasteiger partial charge in [-0.05, 0) is 24.1 Å². The van der Waals surface area contributed by atoms with Crippen molar-refractivity contribution in [3.8, 4) is 0 Å². The Bertz CT molecular complexity index is 380. The van der Waals surface area contributed by atoms with Gasteiger partial charge in [-0.2, -0.15) is 0 Å². The first-order valence-electron chi connectivity index (χ1n) is 7.21. The molecule has 2 rings (SSSR count). The monoisotopic (exact) mass is 280 g/mol. The molecule has 1 heterocycles. The lowest BCUT2D eigenvalue weighted by Gasteiger charge is -2.33. The van der Waals surface area contributed by atoms with Crippen LogP contribution in [-0.2, 0) is 0 Å². The van der Waals surface area contributed by atoms with Crippen LogP contribution in [0, 0.1) is 0 Å². The van der Waals surface area contributed by atoms with Gasteiger partial charge in [-0.3, -0.25) is 4.90 Å². The van der Waals surface area contributed by atoms with Gasteiger partial charge < -0.3 is 4.90 Å². The van der Waals surface area contributed by atoms with E-state index in [0.29, 0.717) is 5.92 Å². The van der Waals surface area contributed by atoms with E-state index in [1.54, 1.807) is 0 Å². The average molecular weight is 281 g/mol. The van der Waals surface area contributed by atoms with Crippen LogP contribution in [0.4, 0.5) is 0 Å². The molecular weight excluding hydrogens is 256 g/mol. The lowest BCUT2D eigenvalue weighted by atomic mass is 10.0. The Morgan fingerprint density at radius 3 is 2.05 bits per heavy atom. The molecule has 3 heteroatoms. The lowest BCUT2D eigenvalue weighted by molar-refractivity contribution is 0.154. The molecule has 0 N–H and O–H groups in total. The molecule has 0 spiro atoms. The summed E-state index contributed by atoms with van der Waals surface area (Å²) in [6, 6.07) is 8.78. The number of hydrogen-bond donors (Lipinski definition) is 0. The molecule has 0 amide bonds. The second-order valence-corrected chi connectivity index (χ2v) is 6.42. The van der Waals surface area contributed by atoms with Gasteiger partial charge in [0.15, 0.2) is 0 Å². The maximum absolute atomic E-state index is 6.55. The first-order chi connectivity index (χ1) is 9.06. The minimum Gasteiger partial charge on any atom is -0.304 e. The van der Waals surface area contributed by atoms with Gasteiger partial charge in [0.05, 0.1) is 5.38 Å². The number of piperazine rings is 1. The van der Waals surface area contributed by atoms with Crippen LogP contribution in [0.2, 0.25) is 0 Å². The fourth-order valence-corrected chi connectivity index (χ4v) is 2.79. The molecule has 0 aromatic heterocycles. The molecule has 0 bridgehead atoms. The fraction of sp³-hybridized carbons (Fsp3) is 0.625. The minimum atomic E-state index is 0.101. The highest BCUT2D eigenvalue weighted by molar-refractivity contribution is 6.21. The third-order valence-electron chi connectivity index (χ3n) is 3.98. The van der Waals surface area contributed by atoms with E-state index in [4.69, 9.17) is 11.6 Å². The fourth-order valence-electron chi connectivity index (χ4n) is 2.45. The van der Waals surface area contributed by atoms with Crippen LogP contribution in [0.25, 0.3) is 0 Å². The molecule has 1 aromatic carbocycles. The van der Waals surface area contributed by atoms with Gasteiger partial charge >= 0.3 is 0 Å². The summed E-state index contributed by atoms with van der Waals surface area (Å²) in [6.45, 7) is 9.95. The zero-order chi connectivity index (χ0) is 13.8. The SMILES string of the molecule is CC(C)c1ccc(C(Cl)CN2CCN(C)CC2)cc1. The zero-order valence-corrected chi connectivity index (χ0v) is 13.0. The normalized spacial score (nSPS) is 19.8. The smallest absolute Gasteiger partial charge is 0.0712 e. The highest BCUT2D eigenvalue weighted by Crippen LogP contribution is 2.24. The number of alkyl halides is 1. The van der Waals surface area contributed by atoms with Crippen LogP contribution in [0.5, 0.6) is 0 Å². The van der Waals surface area contributed by atoms with Crippen molar-refractivity contribution in [2.45, 2.75) is 25.1 Å². The molecule has 1 aliphatic rings. The third-order valence-corrected chi connectivity index (χ3v) is 4.37. The van der Waals surface area contributed by atoms with Crippen LogP contribution in [-0.4, -0.2) is 49.6 Å². The van der Waals surface area contributed by atoms with E-state index in [2.05, 4.69) is 55.0 Å². The van der Waals surface area contributed by atoms with Gasteiger partial charge in [0.25, 0.3) is 0 Å². The van der Waals surface area contributed by atoms with Gasteiger partial charge in [0.1, 0.15) is 0 Å². The molecule has 0 aliphatic carbocycles. The minimum absolute atomic E-state index is 0.101. The Kier molecular flexibility index (Phi) is 5.26. The molecule has 1 fully saturated rings. The lowest BCUT2D eigenvalue weighted by Crippen LogP contribution is -2.45. The second kappa shape index (κ2) is 6.74. The van der Waals surface area contributed by atoms with Crippen molar-refractivity contribution in [1.82, 2.24) is 9.80 Å². The Morgan fingerprint density at radius 2 is 1.53 bits per heavy atom. The molecule has 1 atom stereocenters. The molecule has 1 saturated heterocycles. The third kappa shape index (κ3) is 4.20. The van der Waals surface area contributed by atoms with E-state index in [1.165, 1.54) is 11.1 Å². The van der Waals surface area contributed by atoms with Gasteiger partial charge in [-0.1, -0.05) is 38.1 Å². The Hall–Kier alpha value is -0.570. The van der Waals surface area contributed by atoms with Crippen LogP contribution in [0.3, 0.4) is 0 Å². The molecule has 0 radical (unpaired) electrons. The number of rotatable bonds is 4. The molecule has 19 heavy (non-hydrogen) atoms. The van der Waals surface area contributed by atoms with Crippen LogP contribution in [0.15, 0.2) is 24.3 Å². The summed E-state index contributed by atoms with van der Waals surface area (Å²) in [5.74, 6) is 0.584. The van der Waals surface area contributed by atoms with Crippen molar-refractivity contribution in [3.05, 3.63) is 35.4 Å². The predicted octanol–water partition coefficient (Wildman–Crippen LogP) is 3.34. The predicted molar refractivity (Wildman–Crippen MR) is 83.1 cm³/mol. The van der Waals surface area contributed by atoms with Crippen LogP contribution < -0.4 is 0 Å². The van der Waals surface area contributed by atoms with Gasteiger partial charge in [0, 0.05) is 32.7 Å². The number of hydrogen-bond acceptors (Lipinski definition) is 2. The number of likely N-dealkylation sites (N-methyl/N-ethyl adjacent to an activating group) is 1. The summed E-state index contributed by atoms with van der Waals surface area (Å²) >= 11 is 6.55. The molecule has 106 valence electrons.